The molecule has 0 aromatic heterocycles. The van der Waals surface area contributed by atoms with Crippen molar-refractivity contribution in [2.24, 2.45) is 11.7 Å². The number of hydrogen-bond donors (Lipinski definition) is 3. The molecular weight excluding hydrogens is 235 g/mol. The second-order valence-corrected chi connectivity index (χ2v) is 4.61. The Morgan fingerprint density at radius 3 is 2.72 bits per heavy atom. The molecule has 0 aliphatic carbocycles. The monoisotopic (exact) mass is 254 g/mol. The fraction of sp³-hybridized carbons (Fsp3) is 0.462. The van der Waals surface area contributed by atoms with Crippen molar-refractivity contribution in [3.05, 3.63) is 35.1 Å². The normalized spacial score (nSPS) is 12.7. The first-order valence-corrected chi connectivity index (χ1v) is 5.88. The van der Waals surface area contributed by atoms with E-state index in [9.17, 15) is 14.3 Å². The van der Waals surface area contributed by atoms with Gasteiger partial charge >= 0.3 is 0 Å². The molecule has 1 aromatic carbocycles. The Hall–Kier alpha value is -1.46. The molecule has 0 aliphatic heterocycles. The van der Waals surface area contributed by atoms with Gasteiger partial charge in [-0.3, -0.25) is 4.79 Å². The van der Waals surface area contributed by atoms with E-state index in [4.69, 9.17) is 5.73 Å². The number of carbonyl (C=O) groups excluding carboxylic acids is 1. The van der Waals surface area contributed by atoms with Crippen LogP contribution in [0.4, 0.5) is 4.39 Å². The number of carbonyl (C=O) groups is 1. The summed E-state index contributed by atoms with van der Waals surface area (Å²) in [5, 5.41) is 12.5. The first-order chi connectivity index (χ1) is 8.41. The van der Waals surface area contributed by atoms with Crippen LogP contribution in [0.1, 0.15) is 29.8 Å². The minimum atomic E-state index is -0.585. The van der Waals surface area contributed by atoms with E-state index in [2.05, 4.69) is 5.32 Å². The molecule has 1 aromatic rings. The Kier molecular flexibility index (Phi) is 5.25. The number of primary amides is 1. The summed E-state index contributed by atoms with van der Waals surface area (Å²) in [6, 6.07) is 3.99. The standard InChI is InChI=1S/C13H19FN2O2/c1-8(2)12(17)7-16-6-10-5-9(13(15)18)3-4-11(10)14/h3-5,8,12,16-17H,6-7H2,1-2H3,(H2,15,18). The first-order valence-electron chi connectivity index (χ1n) is 5.88. The largest absolute Gasteiger partial charge is 0.392 e. The lowest BCUT2D eigenvalue weighted by molar-refractivity contribution is 0.1000. The van der Waals surface area contributed by atoms with Crippen LogP contribution in [0, 0.1) is 11.7 Å². The van der Waals surface area contributed by atoms with E-state index in [1.807, 2.05) is 13.8 Å². The molecule has 5 heteroatoms. The van der Waals surface area contributed by atoms with Crippen LogP contribution in [0.25, 0.3) is 0 Å². The number of benzene rings is 1. The van der Waals surface area contributed by atoms with Gasteiger partial charge < -0.3 is 16.2 Å². The molecule has 1 amide bonds. The second kappa shape index (κ2) is 6.47. The molecule has 0 spiro atoms. The zero-order valence-electron chi connectivity index (χ0n) is 10.6. The van der Waals surface area contributed by atoms with Crippen LogP contribution in [0.3, 0.4) is 0 Å². The minimum Gasteiger partial charge on any atom is -0.392 e. The van der Waals surface area contributed by atoms with Gasteiger partial charge in [0.25, 0.3) is 0 Å². The molecule has 0 fully saturated rings. The Bertz CT molecular complexity index is 421. The van der Waals surface area contributed by atoms with Crippen LogP contribution in [-0.2, 0) is 6.54 Å². The summed E-state index contributed by atoms with van der Waals surface area (Å²) < 4.78 is 13.5. The average molecular weight is 254 g/mol. The Morgan fingerprint density at radius 2 is 2.17 bits per heavy atom. The minimum absolute atomic E-state index is 0.138. The van der Waals surface area contributed by atoms with Crippen molar-refractivity contribution in [3.63, 3.8) is 0 Å². The zero-order chi connectivity index (χ0) is 13.7. The topological polar surface area (TPSA) is 75.3 Å². The van der Waals surface area contributed by atoms with Gasteiger partial charge in [0.1, 0.15) is 5.82 Å². The number of nitrogens with two attached hydrogens (primary N) is 1. The highest BCUT2D eigenvalue weighted by molar-refractivity contribution is 5.92. The smallest absolute Gasteiger partial charge is 0.248 e. The summed E-state index contributed by atoms with van der Waals surface area (Å²) in [6.45, 7) is 4.43. The molecule has 0 bridgehead atoms. The number of nitrogens with one attached hydrogen (secondary N) is 1. The van der Waals surface area contributed by atoms with Crippen LogP contribution >= 0.6 is 0 Å². The molecule has 4 nitrogen and oxygen atoms in total. The number of amides is 1. The summed E-state index contributed by atoms with van der Waals surface area (Å²) in [6.07, 6.45) is -0.479. The van der Waals surface area contributed by atoms with Crippen molar-refractivity contribution in [2.75, 3.05) is 6.54 Å². The van der Waals surface area contributed by atoms with E-state index in [-0.39, 0.29) is 18.0 Å². The molecule has 0 saturated carbocycles. The molecule has 1 atom stereocenters. The van der Waals surface area contributed by atoms with Crippen molar-refractivity contribution >= 4 is 5.91 Å². The molecule has 1 unspecified atom stereocenters. The van der Waals surface area contributed by atoms with E-state index in [0.717, 1.165) is 0 Å². The number of hydrogen-bond acceptors (Lipinski definition) is 3. The lowest BCUT2D eigenvalue weighted by Crippen LogP contribution is -2.30. The van der Waals surface area contributed by atoms with E-state index >= 15 is 0 Å². The summed E-state index contributed by atoms with van der Waals surface area (Å²) in [5.41, 5.74) is 5.77. The maximum atomic E-state index is 13.5. The summed E-state index contributed by atoms with van der Waals surface area (Å²) in [5.74, 6) is -0.843. The fourth-order valence-electron chi connectivity index (χ4n) is 1.45. The van der Waals surface area contributed by atoms with Crippen LogP contribution in [-0.4, -0.2) is 23.7 Å². The Labute approximate surface area is 106 Å². The number of rotatable bonds is 6. The fourth-order valence-corrected chi connectivity index (χ4v) is 1.45. The third-order valence-electron chi connectivity index (χ3n) is 2.77. The maximum Gasteiger partial charge on any atom is 0.248 e. The highest BCUT2D eigenvalue weighted by Gasteiger charge is 2.10. The zero-order valence-corrected chi connectivity index (χ0v) is 10.6. The molecule has 0 heterocycles. The highest BCUT2D eigenvalue weighted by atomic mass is 19.1. The molecule has 0 aliphatic rings. The predicted molar refractivity (Wildman–Crippen MR) is 67.5 cm³/mol. The summed E-state index contributed by atoms with van der Waals surface area (Å²) in [4.78, 5) is 11.0. The Balaban J connectivity index is 2.61. The summed E-state index contributed by atoms with van der Waals surface area (Å²) >= 11 is 0. The van der Waals surface area contributed by atoms with Crippen LogP contribution in [0.15, 0.2) is 18.2 Å². The van der Waals surface area contributed by atoms with Gasteiger partial charge in [-0.2, -0.15) is 0 Å². The van der Waals surface area contributed by atoms with Gasteiger partial charge in [0.15, 0.2) is 0 Å². The lowest BCUT2D eigenvalue weighted by atomic mass is 10.1. The second-order valence-electron chi connectivity index (χ2n) is 4.61. The molecule has 0 radical (unpaired) electrons. The van der Waals surface area contributed by atoms with Gasteiger partial charge in [-0.1, -0.05) is 13.8 Å². The van der Waals surface area contributed by atoms with Crippen molar-refractivity contribution in [2.45, 2.75) is 26.5 Å². The Morgan fingerprint density at radius 1 is 1.50 bits per heavy atom. The molecule has 1 rings (SSSR count). The van der Waals surface area contributed by atoms with E-state index in [1.54, 1.807) is 0 Å². The third-order valence-corrected chi connectivity index (χ3v) is 2.77. The van der Waals surface area contributed by atoms with Crippen LogP contribution in [0.2, 0.25) is 0 Å². The highest BCUT2D eigenvalue weighted by Crippen LogP contribution is 2.10. The molecule has 0 saturated heterocycles. The van der Waals surface area contributed by atoms with Gasteiger partial charge in [0.05, 0.1) is 6.10 Å². The first kappa shape index (κ1) is 14.6. The van der Waals surface area contributed by atoms with Crippen molar-refractivity contribution in [1.29, 1.82) is 0 Å². The maximum absolute atomic E-state index is 13.5. The van der Waals surface area contributed by atoms with Crippen LogP contribution in [0.5, 0.6) is 0 Å². The molecule has 100 valence electrons. The molecule has 4 N–H and O–H groups in total. The van der Waals surface area contributed by atoms with Crippen molar-refractivity contribution < 1.29 is 14.3 Å². The number of aliphatic hydroxyl groups is 1. The number of halogens is 1. The van der Waals surface area contributed by atoms with Crippen molar-refractivity contribution in [1.82, 2.24) is 5.32 Å². The van der Waals surface area contributed by atoms with E-state index in [0.29, 0.717) is 12.1 Å². The van der Waals surface area contributed by atoms with Gasteiger partial charge in [-0.15, -0.1) is 0 Å². The average Bonchev–Trinajstić information content (AvgIpc) is 2.30. The van der Waals surface area contributed by atoms with Gasteiger partial charge in [-0.05, 0) is 24.1 Å². The number of aliphatic hydroxyl groups excluding tert-OH is 1. The summed E-state index contributed by atoms with van der Waals surface area (Å²) in [7, 11) is 0. The predicted octanol–water partition coefficient (Wildman–Crippen LogP) is 1.03. The van der Waals surface area contributed by atoms with E-state index in [1.165, 1.54) is 18.2 Å². The third kappa shape index (κ3) is 4.09. The van der Waals surface area contributed by atoms with E-state index < -0.39 is 17.8 Å². The van der Waals surface area contributed by atoms with Crippen LogP contribution < -0.4 is 11.1 Å². The van der Waals surface area contributed by atoms with Gasteiger partial charge in [-0.25, -0.2) is 4.39 Å². The quantitative estimate of drug-likeness (QED) is 0.709. The lowest BCUT2D eigenvalue weighted by Gasteiger charge is -2.15. The molecular formula is C13H19FN2O2. The van der Waals surface area contributed by atoms with Crippen molar-refractivity contribution in [3.8, 4) is 0 Å². The SMILES string of the molecule is CC(C)C(O)CNCc1cc(C(N)=O)ccc1F. The molecule has 18 heavy (non-hydrogen) atoms. The van der Waals surface area contributed by atoms with Gasteiger partial charge in [0, 0.05) is 24.2 Å². The van der Waals surface area contributed by atoms with Gasteiger partial charge in [0.2, 0.25) is 5.91 Å².